The second kappa shape index (κ2) is 2.29. The van der Waals surface area contributed by atoms with Gasteiger partial charge in [0, 0.05) is 6.42 Å². The highest BCUT2D eigenvalue weighted by Gasteiger charge is 2.11. The van der Waals surface area contributed by atoms with Crippen LogP contribution in [0, 0.1) is 0 Å². The summed E-state index contributed by atoms with van der Waals surface area (Å²) in [6.45, 7) is 0. The molecule has 1 rings (SSSR count). The van der Waals surface area contributed by atoms with Crippen molar-refractivity contribution in [2.24, 2.45) is 0 Å². The van der Waals surface area contributed by atoms with E-state index in [1.807, 2.05) is 0 Å². The first kappa shape index (κ1) is 5.79. The predicted octanol–water partition coefficient (Wildman–Crippen LogP) is 0.0582. The molecule has 0 aromatic carbocycles. The average molecular weight is 114 g/mol. The third-order valence-corrected chi connectivity index (χ3v) is 1.28. The Morgan fingerprint density at radius 1 is 1.38 bits per heavy atom. The van der Waals surface area contributed by atoms with Crippen LogP contribution in [0.2, 0.25) is 0 Å². The van der Waals surface area contributed by atoms with Gasteiger partial charge in [0.2, 0.25) is 0 Å². The summed E-state index contributed by atoms with van der Waals surface area (Å²) in [6.07, 6.45) is 3.97. The molecule has 0 aliphatic heterocycles. The molecular formula is C6H10O2. The summed E-state index contributed by atoms with van der Waals surface area (Å²) < 4.78 is 0. The summed E-state index contributed by atoms with van der Waals surface area (Å²) in [5, 5.41) is 17.7. The van der Waals surface area contributed by atoms with Gasteiger partial charge in [-0.1, -0.05) is 12.2 Å². The topological polar surface area (TPSA) is 40.5 Å². The summed E-state index contributed by atoms with van der Waals surface area (Å²) >= 11 is 0. The van der Waals surface area contributed by atoms with Crippen LogP contribution >= 0.6 is 0 Å². The fraction of sp³-hybridized carbons (Fsp3) is 0.667. The molecule has 2 N–H and O–H groups in total. The summed E-state index contributed by atoms with van der Waals surface area (Å²) in [5.74, 6) is 0. The Kier molecular flexibility index (Phi) is 1.65. The van der Waals surface area contributed by atoms with E-state index in [1.54, 1.807) is 12.2 Å². The van der Waals surface area contributed by atoms with Gasteiger partial charge in [-0.05, 0) is 6.42 Å². The molecule has 2 heteroatoms. The minimum absolute atomic E-state index is 0.324. The zero-order valence-corrected chi connectivity index (χ0v) is 4.62. The second-order valence-corrected chi connectivity index (χ2v) is 2.12. The quantitative estimate of drug-likeness (QED) is 0.437. The normalized spacial score (nSPS) is 37.8. The van der Waals surface area contributed by atoms with Gasteiger partial charge in [-0.2, -0.15) is 0 Å². The van der Waals surface area contributed by atoms with Crippen LogP contribution in [0.15, 0.2) is 12.2 Å². The molecule has 0 saturated carbocycles. The standard InChI is InChI=1S/C6H10O2/c7-5-2-1-3-6(8)4-5/h1-2,5-8H,3-4H2. The SMILES string of the molecule is OC1C=CCC(O)C1. The van der Waals surface area contributed by atoms with Crippen molar-refractivity contribution < 1.29 is 10.2 Å². The maximum Gasteiger partial charge on any atom is 0.0745 e. The summed E-state index contributed by atoms with van der Waals surface area (Å²) in [6, 6.07) is 0. The molecular weight excluding hydrogens is 104 g/mol. The van der Waals surface area contributed by atoms with Gasteiger partial charge in [-0.25, -0.2) is 0 Å². The minimum atomic E-state index is -0.418. The van der Waals surface area contributed by atoms with E-state index in [4.69, 9.17) is 10.2 Å². The fourth-order valence-corrected chi connectivity index (χ4v) is 0.846. The number of rotatable bonds is 0. The second-order valence-electron chi connectivity index (χ2n) is 2.12. The van der Waals surface area contributed by atoms with Crippen LogP contribution in [-0.4, -0.2) is 22.4 Å². The van der Waals surface area contributed by atoms with E-state index in [2.05, 4.69) is 0 Å². The van der Waals surface area contributed by atoms with Crippen molar-refractivity contribution >= 4 is 0 Å². The van der Waals surface area contributed by atoms with Crippen molar-refractivity contribution in [3.8, 4) is 0 Å². The third kappa shape index (κ3) is 1.32. The van der Waals surface area contributed by atoms with Crippen molar-refractivity contribution in [1.82, 2.24) is 0 Å². The lowest BCUT2D eigenvalue weighted by Gasteiger charge is -2.15. The summed E-state index contributed by atoms with van der Waals surface area (Å²) in [4.78, 5) is 0. The van der Waals surface area contributed by atoms with Crippen molar-refractivity contribution in [3.05, 3.63) is 12.2 Å². The largest absolute Gasteiger partial charge is 0.393 e. The van der Waals surface area contributed by atoms with Crippen molar-refractivity contribution in [2.75, 3.05) is 0 Å². The average Bonchev–Trinajstić information content (AvgIpc) is 1.64. The monoisotopic (exact) mass is 114 g/mol. The van der Waals surface area contributed by atoms with Crippen LogP contribution in [0.4, 0.5) is 0 Å². The van der Waals surface area contributed by atoms with Crippen LogP contribution in [0.5, 0.6) is 0 Å². The fourth-order valence-electron chi connectivity index (χ4n) is 0.846. The van der Waals surface area contributed by atoms with Crippen LogP contribution < -0.4 is 0 Å². The molecule has 2 nitrogen and oxygen atoms in total. The van der Waals surface area contributed by atoms with Crippen LogP contribution in [0.1, 0.15) is 12.8 Å². The van der Waals surface area contributed by atoms with Gasteiger partial charge in [0.1, 0.15) is 0 Å². The Morgan fingerprint density at radius 3 is 2.50 bits per heavy atom. The van der Waals surface area contributed by atoms with Gasteiger partial charge in [0.15, 0.2) is 0 Å². The first-order chi connectivity index (χ1) is 3.79. The molecule has 2 atom stereocenters. The van der Waals surface area contributed by atoms with Gasteiger partial charge >= 0.3 is 0 Å². The molecule has 1 aliphatic rings. The molecule has 1 aliphatic carbocycles. The van der Waals surface area contributed by atoms with Crippen LogP contribution in [-0.2, 0) is 0 Å². The highest BCUT2D eigenvalue weighted by molar-refractivity contribution is 4.96. The molecule has 2 unspecified atom stereocenters. The Labute approximate surface area is 48.5 Å². The Morgan fingerprint density at radius 2 is 2.12 bits per heavy atom. The smallest absolute Gasteiger partial charge is 0.0745 e. The first-order valence-corrected chi connectivity index (χ1v) is 2.82. The highest BCUT2D eigenvalue weighted by atomic mass is 16.3. The molecule has 0 fully saturated rings. The van der Waals surface area contributed by atoms with Gasteiger partial charge in [0.05, 0.1) is 12.2 Å². The molecule has 0 radical (unpaired) electrons. The molecule has 0 heterocycles. The highest BCUT2D eigenvalue weighted by Crippen LogP contribution is 2.10. The van der Waals surface area contributed by atoms with E-state index < -0.39 is 6.10 Å². The molecule has 0 spiro atoms. The molecule has 0 saturated heterocycles. The van der Waals surface area contributed by atoms with Crippen molar-refractivity contribution in [2.45, 2.75) is 25.0 Å². The number of aliphatic hydroxyl groups excluding tert-OH is 2. The Hall–Kier alpha value is -0.340. The molecule has 0 aromatic rings. The van der Waals surface area contributed by atoms with E-state index in [0.29, 0.717) is 12.8 Å². The zero-order chi connectivity index (χ0) is 5.98. The zero-order valence-electron chi connectivity index (χ0n) is 4.62. The van der Waals surface area contributed by atoms with Gasteiger partial charge in [0.25, 0.3) is 0 Å². The number of hydrogen-bond acceptors (Lipinski definition) is 2. The third-order valence-electron chi connectivity index (χ3n) is 1.28. The molecule has 8 heavy (non-hydrogen) atoms. The maximum atomic E-state index is 8.87. The maximum absolute atomic E-state index is 8.87. The lowest BCUT2D eigenvalue weighted by molar-refractivity contribution is 0.0974. The molecule has 0 bridgehead atoms. The van der Waals surface area contributed by atoms with Crippen LogP contribution in [0.25, 0.3) is 0 Å². The van der Waals surface area contributed by atoms with E-state index in [1.165, 1.54) is 0 Å². The first-order valence-electron chi connectivity index (χ1n) is 2.82. The van der Waals surface area contributed by atoms with Gasteiger partial charge in [-0.3, -0.25) is 0 Å². The predicted molar refractivity (Wildman–Crippen MR) is 30.4 cm³/mol. The van der Waals surface area contributed by atoms with Crippen molar-refractivity contribution in [1.29, 1.82) is 0 Å². The lowest BCUT2D eigenvalue weighted by Crippen LogP contribution is -2.18. The van der Waals surface area contributed by atoms with Crippen LogP contribution in [0.3, 0.4) is 0 Å². The van der Waals surface area contributed by atoms with Gasteiger partial charge < -0.3 is 10.2 Å². The van der Waals surface area contributed by atoms with Gasteiger partial charge in [-0.15, -0.1) is 0 Å². The molecule has 46 valence electrons. The number of aliphatic hydroxyl groups is 2. The summed E-state index contributed by atoms with van der Waals surface area (Å²) in [5.41, 5.74) is 0. The molecule has 0 amide bonds. The van der Waals surface area contributed by atoms with E-state index in [-0.39, 0.29) is 6.10 Å². The Bertz CT molecular complexity index is 98.7. The van der Waals surface area contributed by atoms with E-state index in [0.717, 1.165) is 0 Å². The molecule has 0 aromatic heterocycles. The Balaban J connectivity index is 2.42. The number of hydrogen-bond donors (Lipinski definition) is 2. The van der Waals surface area contributed by atoms with Crippen molar-refractivity contribution in [3.63, 3.8) is 0 Å². The van der Waals surface area contributed by atoms with E-state index in [9.17, 15) is 0 Å². The minimum Gasteiger partial charge on any atom is -0.393 e. The van der Waals surface area contributed by atoms with E-state index >= 15 is 0 Å². The summed E-state index contributed by atoms with van der Waals surface area (Å²) in [7, 11) is 0. The lowest BCUT2D eigenvalue weighted by atomic mass is 10.0.